The Balaban J connectivity index is 2.14. The van der Waals surface area contributed by atoms with Crippen LogP contribution in [0.5, 0.6) is 0 Å². The van der Waals surface area contributed by atoms with Gasteiger partial charge in [-0.25, -0.2) is 0 Å². The summed E-state index contributed by atoms with van der Waals surface area (Å²) in [6.45, 7) is 6.01. The van der Waals surface area contributed by atoms with Crippen molar-refractivity contribution in [1.82, 2.24) is 5.32 Å². The third kappa shape index (κ3) is 5.20. The van der Waals surface area contributed by atoms with Gasteiger partial charge in [-0.05, 0) is 43.9 Å². The van der Waals surface area contributed by atoms with Crippen LogP contribution in [0.1, 0.15) is 25.3 Å². The zero-order valence-electron chi connectivity index (χ0n) is 10.3. The minimum Gasteiger partial charge on any atom is -0.399 e. The van der Waals surface area contributed by atoms with E-state index in [1.54, 1.807) is 6.92 Å². The normalized spacial score (nSPS) is 9.94. The van der Waals surface area contributed by atoms with Gasteiger partial charge in [0.05, 0.1) is 0 Å². The molecule has 0 aromatic heterocycles. The second-order valence-corrected chi connectivity index (χ2v) is 4.23. The minimum atomic E-state index is -0.0579. The van der Waals surface area contributed by atoms with Crippen molar-refractivity contribution >= 4 is 11.6 Å². The number of nitrogen functional groups attached to an aromatic ring is 1. The Morgan fingerprint density at radius 3 is 2.53 bits per heavy atom. The number of nitrogens with one attached hydrogen (secondary N) is 1. The molecule has 0 fully saturated rings. The molecule has 0 aliphatic rings. The number of amides is 1. The summed E-state index contributed by atoms with van der Waals surface area (Å²) in [4.78, 5) is 11.2. The molecule has 3 nitrogen and oxygen atoms in total. The lowest BCUT2D eigenvalue weighted by molar-refractivity contribution is -0.117. The zero-order chi connectivity index (χ0) is 12.7. The molecule has 92 valence electrons. The molecule has 0 radical (unpaired) electrons. The molecule has 0 spiro atoms. The average molecular weight is 232 g/mol. The summed E-state index contributed by atoms with van der Waals surface area (Å²) in [6.07, 6.45) is 3.05. The van der Waals surface area contributed by atoms with Crippen LogP contribution in [0.15, 0.2) is 36.4 Å². The Bertz CT molecular complexity index is 382. The van der Waals surface area contributed by atoms with Crippen molar-refractivity contribution in [3.8, 4) is 0 Å². The van der Waals surface area contributed by atoms with Crippen LogP contribution in [-0.4, -0.2) is 12.5 Å². The Kier molecular flexibility index (Phi) is 5.27. The van der Waals surface area contributed by atoms with Gasteiger partial charge < -0.3 is 11.1 Å². The molecule has 1 rings (SSSR count). The summed E-state index contributed by atoms with van der Waals surface area (Å²) in [6, 6.07) is 7.92. The molecule has 3 N–H and O–H groups in total. The van der Waals surface area contributed by atoms with E-state index >= 15 is 0 Å². The second-order valence-electron chi connectivity index (χ2n) is 4.23. The summed E-state index contributed by atoms with van der Waals surface area (Å²) in [5.41, 5.74) is 8.24. The van der Waals surface area contributed by atoms with E-state index in [9.17, 15) is 4.79 Å². The topological polar surface area (TPSA) is 55.1 Å². The van der Waals surface area contributed by atoms with Gasteiger partial charge in [0.1, 0.15) is 0 Å². The number of benzene rings is 1. The van der Waals surface area contributed by atoms with Crippen LogP contribution >= 0.6 is 0 Å². The molecule has 0 saturated heterocycles. The molecule has 1 amide bonds. The molecule has 1 aromatic rings. The summed E-state index contributed by atoms with van der Waals surface area (Å²) in [7, 11) is 0. The quantitative estimate of drug-likeness (QED) is 0.449. The Hall–Kier alpha value is -1.77. The minimum absolute atomic E-state index is 0.0579. The van der Waals surface area contributed by atoms with Crippen LogP contribution in [0.4, 0.5) is 5.69 Å². The van der Waals surface area contributed by atoms with Gasteiger partial charge in [0.15, 0.2) is 0 Å². The maximum Gasteiger partial charge on any atom is 0.246 e. The van der Waals surface area contributed by atoms with Crippen molar-refractivity contribution in [1.29, 1.82) is 0 Å². The molecule has 0 bridgehead atoms. The number of carbonyl (C=O) groups excluding carboxylic acids is 1. The van der Waals surface area contributed by atoms with Crippen molar-refractivity contribution in [3.05, 3.63) is 42.0 Å². The van der Waals surface area contributed by atoms with Gasteiger partial charge in [0, 0.05) is 17.8 Å². The first-order chi connectivity index (χ1) is 8.09. The Morgan fingerprint density at radius 2 is 1.94 bits per heavy atom. The highest BCUT2D eigenvalue weighted by atomic mass is 16.1. The van der Waals surface area contributed by atoms with E-state index in [1.807, 2.05) is 24.3 Å². The van der Waals surface area contributed by atoms with E-state index in [4.69, 9.17) is 5.73 Å². The maximum absolute atomic E-state index is 11.2. The highest BCUT2D eigenvalue weighted by Gasteiger charge is 1.99. The molecule has 0 saturated carbocycles. The van der Waals surface area contributed by atoms with E-state index in [1.165, 1.54) is 5.56 Å². The van der Waals surface area contributed by atoms with Crippen LogP contribution in [0.25, 0.3) is 0 Å². The fourth-order valence-corrected chi connectivity index (χ4v) is 1.49. The molecule has 0 aliphatic carbocycles. The predicted molar refractivity (Wildman–Crippen MR) is 71.6 cm³/mol. The van der Waals surface area contributed by atoms with E-state index in [2.05, 4.69) is 11.9 Å². The number of unbranched alkanes of at least 4 members (excludes halogenated alkanes) is 1. The smallest absolute Gasteiger partial charge is 0.246 e. The van der Waals surface area contributed by atoms with Crippen LogP contribution in [0.3, 0.4) is 0 Å². The summed E-state index contributed by atoms with van der Waals surface area (Å²) < 4.78 is 0. The van der Waals surface area contributed by atoms with Gasteiger partial charge in [0.25, 0.3) is 0 Å². The van der Waals surface area contributed by atoms with Gasteiger partial charge in [-0.2, -0.15) is 0 Å². The number of hydrogen-bond donors (Lipinski definition) is 2. The molecule has 1 aromatic carbocycles. The molecule has 0 aliphatic heterocycles. The summed E-state index contributed by atoms with van der Waals surface area (Å²) in [5, 5.41) is 2.82. The summed E-state index contributed by atoms with van der Waals surface area (Å²) >= 11 is 0. The largest absolute Gasteiger partial charge is 0.399 e. The zero-order valence-corrected chi connectivity index (χ0v) is 10.3. The summed E-state index contributed by atoms with van der Waals surface area (Å²) in [5.74, 6) is -0.0579. The lowest BCUT2D eigenvalue weighted by Gasteiger charge is -2.05. The van der Waals surface area contributed by atoms with Crippen LogP contribution < -0.4 is 11.1 Å². The predicted octanol–water partition coefficient (Wildman–Crippen LogP) is 2.28. The fourth-order valence-electron chi connectivity index (χ4n) is 1.49. The third-order valence-electron chi connectivity index (χ3n) is 2.55. The lowest BCUT2D eigenvalue weighted by atomic mass is 10.1. The van der Waals surface area contributed by atoms with Crippen molar-refractivity contribution in [2.24, 2.45) is 0 Å². The highest BCUT2D eigenvalue weighted by Crippen LogP contribution is 2.08. The Labute approximate surface area is 103 Å². The van der Waals surface area contributed by atoms with Crippen molar-refractivity contribution < 1.29 is 4.79 Å². The van der Waals surface area contributed by atoms with Crippen LogP contribution in [0.2, 0.25) is 0 Å². The SMILES string of the molecule is C=C(C)C(=O)NCCCCc1ccc(N)cc1. The number of hydrogen-bond acceptors (Lipinski definition) is 2. The number of carbonyl (C=O) groups is 1. The van der Waals surface area contributed by atoms with Crippen LogP contribution in [-0.2, 0) is 11.2 Å². The van der Waals surface area contributed by atoms with E-state index in [-0.39, 0.29) is 5.91 Å². The van der Waals surface area contributed by atoms with Crippen LogP contribution in [0, 0.1) is 0 Å². The number of nitrogens with two attached hydrogens (primary N) is 1. The number of rotatable bonds is 6. The first-order valence-corrected chi connectivity index (χ1v) is 5.87. The molecular weight excluding hydrogens is 212 g/mol. The number of aryl methyl sites for hydroxylation is 1. The monoisotopic (exact) mass is 232 g/mol. The lowest BCUT2D eigenvalue weighted by Crippen LogP contribution is -2.24. The average Bonchev–Trinajstić information content (AvgIpc) is 2.30. The molecule has 0 atom stereocenters. The molecule has 17 heavy (non-hydrogen) atoms. The van der Waals surface area contributed by atoms with Gasteiger partial charge in [-0.3, -0.25) is 4.79 Å². The molecule has 0 unspecified atom stereocenters. The maximum atomic E-state index is 11.2. The third-order valence-corrected chi connectivity index (χ3v) is 2.55. The highest BCUT2D eigenvalue weighted by molar-refractivity contribution is 5.91. The van der Waals surface area contributed by atoms with Gasteiger partial charge in [-0.15, -0.1) is 0 Å². The standard InChI is InChI=1S/C14H20N2O/c1-11(2)14(17)16-10-4-3-5-12-6-8-13(15)9-7-12/h6-9H,1,3-5,10,15H2,2H3,(H,16,17). The fraction of sp³-hybridized carbons (Fsp3) is 0.357. The van der Waals surface area contributed by atoms with Gasteiger partial charge >= 0.3 is 0 Å². The van der Waals surface area contributed by atoms with Crippen molar-refractivity contribution in [3.63, 3.8) is 0 Å². The Morgan fingerprint density at radius 1 is 1.29 bits per heavy atom. The molecular formula is C14H20N2O. The first-order valence-electron chi connectivity index (χ1n) is 5.87. The van der Waals surface area contributed by atoms with Gasteiger partial charge in [0.2, 0.25) is 5.91 Å². The van der Waals surface area contributed by atoms with E-state index in [0.717, 1.165) is 24.9 Å². The van der Waals surface area contributed by atoms with Crippen molar-refractivity contribution in [2.75, 3.05) is 12.3 Å². The van der Waals surface area contributed by atoms with E-state index in [0.29, 0.717) is 12.1 Å². The number of anilines is 1. The van der Waals surface area contributed by atoms with Gasteiger partial charge in [-0.1, -0.05) is 18.7 Å². The second kappa shape index (κ2) is 6.74. The van der Waals surface area contributed by atoms with E-state index < -0.39 is 0 Å². The molecule has 0 heterocycles. The van der Waals surface area contributed by atoms with Crippen molar-refractivity contribution in [2.45, 2.75) is 26.2 Å². The molecule has 3 heteroatoms. The first kappa shape index (κ1) is 13.3.